The molecule has 0 saturated carbocycles. The molecule has 0 aliphatic heterocycles. The third kappa shape index (κ3) is 7.65. The van der Waals surface area contributed by atoms with Crippen molar-refractivity contribution in [2.75, 3.05) is 31.6 Å². The molecule has 2 aromatic rings. The number of thiazole rings is 1. The minimum Gasteiger partial charge on any atom is -0.469 e. The van der Waals surface area contributed by atoms with Gasteiger partial charge in [0.1, 0.15) is 5.76 Å². The number of guanidine groups is 1. The fourth-order valence-electron chi connectivity index (χ4n) is 2.98. The summed E-state index contributed by atoms with van der Waals surface area (Å²) in [4.78, 5) is 11.0. The van der Waals surface area contributed by atoms with Gasteiger partial charge in [0.15, 0.2) is 5.96 Å². The summed E-state index contributed by atoms with van der Waals surface area (Å²) in [6.45, 7) is 2.49. The Bertz CT molecular complexity index is 664. The van der Waals surface area contributed by atoms with Crippen LogP contribution in [0.3, 0.4) is 0 Å². The first-order valence-corrected chi connectivity index (χ1v) is 11.6. The van der Waals surface area contributed by atoms with Gasteiger partial charge in [0.05, 0.1) is 23.5 Å². The van der Waals surface area contributed by atoms with E-state index in [0.29, 0.717) is 0 Å². The predicted octanol–water partition coefficient (Wildman–Crippen LogP) is 3.92. The van der Waals surface area contributed by atoms with Gasteiger partial charge in [0, 0.05) is 36.6 Å². The summed E-state index contributed by atoms with van der Waals surface area (Å²) in [5.74, 6) is 2.91. The largest absolute Gasteiger partial charge is 0.469 e. The lowest BCUT2D eigenvalue weighted by atomic mass is 10.0. The Kier molecular flexibility index (Phi) is 10.6. The molecule has 1 aliphatic rings. The van der Waals surface area contributed by atoms with E-state index in [4.69, 9.17) is 9.40 Å². The molecule has 2 heterocycles. The van der Waals surface area contributed by atoms with Gasteiger partial charge >= 0.3 is 0 Å². The van der Waals surface area contributed by atoms with Crippen LogP contribution in [-0.2, 0) is 25.7 Å². The van der Waals surface area contributed by atoms with E-state index < -0.39 is 0 Å². The number of hydrogen-bond acceptors (Lipinski definition) is 5. The van der Waals surface area contributed by atoms with E-state index in [1.54, 1.807) is 6.26 Å². The Morgan fingerprint density at radius 3 is 2.81 bits per heavy atom. The van der Waals surface area contributed by atoms with E-state index in [2.05, 4.69) is 21.9 Å². The number of nitrogens with one attached hydrogen (secondary N) is 2. The molecule has 2 N–H and O–H groups in total. The van der Waals surface area contributed by atoms with E-state index >= 15 is 0 Å². The number of aryl methyl sites for hydroxylation is 2. The molecule has 0 atom stereocenters. The standard InChI is InChI=1S/C19H28N4OS2.HI/c1-25-14-12-22-19(20-10-8-15-5-4-13-24-15)21-11-9-18-23-16-6-2-3-7-17(16)26-18;/h4-5,13H,2-3,6-12,14H2,1H3,(H2,20,21,22);1H. The number of furan rings is 1. The van der Waals surface area contributed by atoms with Crippen molar-refractivity contribution in [3.63, 3.8) is 0 Å². The lowest BCUT2D eigenvalue weighted by Crippen LogP contribution is -2.39. The summed E-state index contributed by atoms with van der Waals surface area (Å²) < 4.78 is 5.38. The summed E-state index contributed by atoms with van der Waals surface area (Å²) in [5.41, 5.74) is 1.35. The van der Waals surface area contributed by atoms with Crippen molar-refractivity contribution in [2.45, 2.75) is 38.5 Å². The van der Waals surface area contributed by atoms with E-state index in [9.17, 15) is 0 Å². The molecule has 0 radical (unpaired) electrons. The quantitative estimate of drug-likeness (QED) is 0.227. The lowest BCUT2D eigenvalue weighted by Gasteiger charge is -2.11. The molecule has 2 aromatic heterocycles. The average Bonchev–Trinajstić information content (AvgIpc) is 3.30. The number of thioether (sulfide) groups is 1. The molecule has 150 valence electrons. The topological polar surface area (TPSA) is 62.5 Å². The maximum absolute atomic E-state index is 5.38. The molecular formula is C19H29IN4OS2. The molecule has 8 heteroatoms. The lowest BCUT2D eigenvalue weighted by molar-refractivity contribution is 0.507. The molecule has 0 amide bonds. The van der Waals surface area contributed by atoms with Gasteiger partial charge in [-0.1, -0.05) is 0 Å². The first-order chi connectivity index (χ1) is 12.8. The second-order valence-corrected chi connectivity index (χ2v) is 8.49. The Labute approximate surface area is 187 Å². The highest BCUT2D eigenvalue weighted by atomic mass is 127. The van der Waals surface area contributed by atoms with Crippen LogP contribution in [0.2, 0.25) is 0 Å². The van der Waals surface area contributed by atoms with Gasteiger partial charge in [0.2, 0.25) is 0 Å². The molecule has 0 bridgehead atoms. The van der Waals surface area contributed by atoms with Crippen LogP contribution in [0.15, 0.2) is 27.8 Å². The van der Waals surface area contributed by atoms with Gasteiger partial charge in [0.25, 0.3) is 0 Å². The summed E-state index contributed by atoms with van der Waals surface area (Å²) in [6.07, 6.45) is 10.6. The monoisotopic (exact) mass is 520 g/mol. The number of hydrogen-bond donors (Lipinski definition) is 2. The Hall–Kier alpha value is -0.740. The number of halogens is 1. The van der Waals surface area contributed by atoms with Crippen molar-refractivity contribution in [3.05, 3.63) is 39.7 Å². The van der Waals surface area contributed by atoms with Gasteiger partial charge in [-0.3, -0.25) is 4.99 Å². The average molecular weight is 521 g/mol. The van der Waals surface area contributed by atoms with Crippen LogP contribution in [0.1, 0.15) is 34.2 Å². The SMILES string of the molecule is CSCCN=C(NCCc1ccco1)NCCc1nc2c(s1)CCCC2.I. The molecule has 1 aliphatic carbocycles. The molecule has 0 fully saturated rings. The molecule has 0 spiro atoms. The number of rotatable bonds is 9. The highest BCUT2D eigenvalue weighted by Crippen LogP contribution is 2.26. The van der Waals surface area contributed by atoms with Gasteiger partial charge in [-0.15, -0.1) is 35.3 Å². The number of aliphatic imine (C=N–C) groups is 1. The van der Waals surface area contributed by atoms with Crippen molar-refractivity contribution in [3.8, 4) is 0 Å². The van der Waals surface area contributed by atoms with Crippen LogP contribution < -0.4 is 10.6 Å². The maximum Gasteiger partial charge on any atom is 0.191 e. The van der Waals surface area contributed by atoms with Gasteiger partial charge in [-0.2, -0.15) is 11.8 Å². The van der Waals surface area contributed by atoms with Crippen molar-refractivity contribution in [1.82, 2.24) is 15.6 Å². The second kappa shape index (κ2) is 12.7. The molecule has 0 unspecified atom stereocenters. The van der Waals surface area contributed by atoms with E-state index in [1.165, 1.54) is 34.8 Å². The molecule has 27 heavy (non-hydrogen) atoms. The van der Waals surface area contributed by atoms with E-state index in [1.807, 2.05) is 35.2 Å². The first-order valence-electron chi connectivity index (χ1n) is 9.36. The number of fused-ring (bicyclic) bond motifs is 1. The summed E-state index contributed by atoms with van der Waals surface area (Å²) in [7, 11) is 0. The molecule has 0 aromatic carbocycles. The van der Waals surface area contributed by atoms with Crippen molar-refractivity contribution in [1.29, 1.82) is 0 Å². The van der Waals surface area contributed by atoms with Crippen LogP contribution >= 0.6 is 47.1 Å². The zero-order valence-electron chi connectivity index (χ0n) is 15.8. The van der Waals surface area contributed by atoms with E-state index in [-0.39, 0.29) is 24.0 Å². The van der Waals surface area contributed by atoms with Crippen LogP contribution in [0.5, 0.6) is 0 Å². The molecule has 3 rings (SSSR count). The summed E-state index contributed by atoms with van der Waals surface area (Å²) >= 11 is 3.71. The van der Waals surface area contributed by atoms with Gasteiger partial charge < -0.3 is 15.1 Å². The first kappa shape index (κ1) is 22.5. The highest BCUT2D eigenvalue weighted by molar-refractivity contribution is 14.0. The third-order valence-corrected chi connectivity index (χ3v) is 6.14. The van der Waals surface area contributed by atoms with Crippen molar-refractivity contribution in [2.24, 2.45) is 4.99 Å². The Balaban J connectivity index is 0.00000261. The summed E-state index contributed by atoms with van der Waals surface area (Å²) in [6, 6.07) is 3.93. The summed E-state index contributed by atoms with van der Waals surface area (Å²) in [5, 5.41) is 8.11. The zero-order chi connectivity index (χ0) is 18.0. The van der Waals surface area contributed by atoms with E-state index in [0.717, 1.165) is 56.4 Å². The smallest absolute Gasteiger partial charge is 0.191 e. The van der Waals surface area contributed by atoms with Crippen LogP contribution in [0, 0.1) is 0 Å². The van der Waals surface area contributed by atoms with Crippen LogP contribution in [0.25, 0.3) is 0 Å². The predicted molar refractivity (Wildman–Crippen MR) is 127 cm³/mol. The fraction of sp³-hybridized carbons (Fsp3) is 0.579. The van der Waals surface area contributed by atoms with Gasteiger partial charge in [-0.25, -0.2) is 4.98 Å². The zero-order valence-corrected chi connectivity index (χ0v) is 19.8. The van der Waals surface area contributed by atoms with Crippen LogP contribution in [-0.4, -0.2) is 42.6 Å². The number of nitrogens with zero attached hydrogens (tertiary/aromatic N) is 2. The fourth-order valence-corrected chi connectivity index (χ4v) is 4.41. The maximum atomic E-state index is 5.38. The van der Waals surface area contributed by atoms with Crippen molar-refractivity contribution >= 4 is 53.0 Å². The molecule has 0 saturated heterocycles. The normalized spacial score (nSPS) is 13.7. The number of aromatic nitrogens is 1. The highest BCUT2D eigenvalue weighted by Gasteiger charge is 2.14. The third-order valence-electron chi connectivity index (χ3n) is 4.33. The second-order valence-electron chi connectivity index (χ2n) is 6.34. The Morgan fingerprint density at radius 2 is 2.07 bits per heavy atom. The minimum atomic E-state index is 0. The minimum absolute atomic E-state index is 0. The van der Waals surface area contributed by atoms with Crippen molar-refractivity contribution < 1.29 is 4.42 Å². The Morgan fingerprint density at radius 1 is 1.26 bits per heavy atom. The van der Waals surface area contributed by atoms with Crippen LogP contribution in [0.4, 0.5) is 0 Å². The molecule has 5 nitrogen and oxygen atoms in total. The van der Waals surface area contributed by atoms with Gasteiger partial charge in [-0.05, 0) is 44.1 Å². The molecular weight excluding hydrogens is 491 g/mol.